The molecule has 0 N–H and O–H groups in total. The van der Waals surface area contributed by atoms with Gasteiger partial charge in [0.2, 0.25) is 0 Å². The molecule has 0 unspecified atom stereocenters. The summed E-state index contributed by atoms with van der Waals surface area (Å²) in [5.74, 6) is 1.82. The SMILES string of the molecule is Cc1cccc(C)c1-c1nc(-c2cccc(-c3ccccc3)c2-n2c3ccccc3c3ccccc32)nc(-c2cccc(-c3ccccc3)c2-n2c3ccccc3c3ccccc32)n1. The Hall–Kier alpha value is -8.41. The van der Waals surface area contributed by atoms with Gasteiger partial charge in [-0.2, -0.15) is 0 Å². The molecule has 0 spiro atoms. The second-order valence-corrected chi connectivity index (χ2v) is 16.4. The Kier molecular flexibility index (Phi) is 8.87. The van der Waals surface area contributed by atoms with Gasteiger partial charge in [0.05, 0.1) is 33.4 Å². The van der Waals surface area contributed by atoms with Crippen LogP contribution in [0.15, 0.2) is 212 Å². The molecule has 12 rings (SSSR count). The van der Waals surface area contributed by atoms with Crippen LogP contribution in [-0.4, -0.2) is 24.1 Å². The van der Waals surface area contributed by atoms with Crippen molar-refractivity contribution in [3.05, 3.63) is 223 Å². The molecular formula is C59H41N5. The number of rotatable bonds is 7. The Morgan fingerprint density at radius 3 is 0.984 bits per heavy atom. The van der Waals surface area contributed by atoms with Crippen LogP contribution in [0.3, 0.4) is 0 Å². The van der Waals surface area contributed by atoms with Gasteiger partial charge >= 0.3 is 0 Å². The van der Waals surface area contributed by atoms with Crippen molar-refractivity contribution in [3.8, 4) is 67.8 Å². The predicted octanol–water partition coefficient (Wildman–Crippen LogP) is 15.0. The fourth-order valence-corrected chi connectivity index (χ4v) is 9.85. The molecule has 0 aliphatic heterocycles. The fraction of sp³-hybridized carbons (Fsp3) is 0.0339. The highest BCUT2D eigenvalue weighted by Gasteiger charge is 2.26. The molecule has 12 aromatic rings. The van der Waals surface area contributed by atoms with E-state index in [1.165, 1.54) is 21.5 Å². The summed E-state index contributed by atoms with van der Waals surface area (Å²) in [4.78, 5) is 16.7. The lowest BCUT2D eigenvalue weighted by Gasteiger charge is -2.21. The summed E-state index contributed by atoms with van der Waals surface area (Å²) < 4.78 is 4.81. The number of aromatic nitrogens is 5. The van der Waals surface area contributed by atoms with Gasteiger partial charge in [0.25, 0.3) is 0 Å². The van der Waals surface area contributed by atoms with Gasteiger partial charge in [-0.15, -0.1) is 0 Å². The number of para-hydroxylation sites is 6. The number of benzene rings is 9. The number of aryl methyl sites for hydroxylation is 2. The zero-order chi connectivity index (χ0) is 42.7. The van der Waals surface area contributed by atoms with E-state index >= 15 is 0 Å². The van der Waals surface area contributed by atoms with Gasteiger partial charge in [-0.05, 0) is 72.5 Å². The van der Waals surface area contributed by atoms with E-state index < -0.39 is 0 Å². The topological polar surface area (TPSA) is 48.5 Å². The summed E-state index contributed by atoms with van der Waals surface area (Å²) in [7, 11) is 0. The molecule has 0 bridgehead atoms. The number of nitrogens with zero attached hydrogens (tertiary/aromatic N) is 5. The van der Waals surface area contributed by atoms with Gasteiger partial charge in [0.1, 0.15) is 0 Å². The first-order chi connectivity index (χ1) is 31.6. The minimum absolute atomic E-state index is 0.593. The van der Waals surface area contributed by atoms with Crippen molar-refractivity contribution in [1.82, 2.24) is 24.1 Å². The second kappa shape index (κ2) is 15.2. The van der Waals surface area contributed by atoms with Crippen LogP contribution in [0.4, 0.5) is 0 Å². The molecule has 0 radical (unpaired) electrons. The number of hydrogen-bond acceptors (Lipinski definition) is 3. The van der Waals surface area contributed by atoms with E-state index in [2.05, 4.69) is 235 Å². The third-order valence-electron chi connectivity index (χ3n) is 12.7. The Morgan fingerprint density at radius 2 is 0.594 bits per heavy atom. The van der Waals surface area contributed by atoms with Crippen LogP contribution in [0.2, 0.25) is 0 Å². The van der Waals surface area contributed by atoms with Crippen molar-refractivity contribution in [3.63, 3.8) is 0 Å². The summed E-state index contributed by atoms with van der Waals surface area (Å²) in [6.07, 6.45) is 0. The number of hydrogen-bond donors (Lipinski definition) is 0. The van der Waals surface area contributed by atoms with E-state index in [1.807, 2.05) is 0 Å². The molecule has 0 saturated heterocycles. The molecule has 5 nitrogen and oxygen atoms in total. The van der Waals surface area contributed by atoms with E-state index in [1.54, 1.807) is 0 Å². The molecule has 3 heterocycles. The van der Waals surface area contributed by atoms with Crippen molar-refractivity contribution in [2.45, 2.75) is 13.8 Å². The predicted molar refractivity (Wildman–Crippen MR) is 265 cm³/mol. The smallest absolute Gasteiger partial charge is 0.166 e. The highest BCUT2D eigenvalue weighted by Crippen LogP contribution is 2.44. The molecule has 0 fully saturated rings. The highest BCUT2D eigenvalue weighted by molar-refractivity contribution is 6.12. The van der Waals surface area contributed by atoms with E-state index in [9.17, 15) is 0 Å². The standard InChI is InChI=1S/C59H41N5/c1-38-20-17-21-39(2)54(38)59-61-57(48-32-18-30-42(40-22-5-3-6-23-40)55(48)63-50-34-13-9-26-44(50)45-27-10-14-35-51(45)63)60-58(62-59)49-33-19-31-43(41-24-7-4-8-25-41)56(49)64-52-36-15-11-28-46(52)47-29-12-16-37-53(47)64/h3-37H,1-2H3. The normalized spacial score (nSPS) is 11.6. The summed E-state index contributed by atoms with van der Waals surface area (Å²) in [5.41, 5.74) is 15.9. The lowest BCUT2D eigenvalue weighted by atomic mass is 9.97. The van der Waals surface area contributed by atoms with Gasteiger partial charge in [-0.25, -0.2) is 15.0 Å². The zero-order valence-electron chi connectivity index (χ0n) is 35.4. The molecule has 64 heavy (non-hydrogen) atoms. The lowest BCUT2D eigenvalue weighted by molar-refractivity contribution is 1.05. The summed E-state index contributed by atoms with van der Waals surface area (Å²) >= 11 is 0. The molecule has 0 aliphatic rings. The Morgan fingerprint density at radius 1 is 0.281 bits per heavy atom. The summed E-state index contributed by atoms with van der Waals surface area (Å²) in [6.45, 7) is 4.29. The van der Waals surface area contributed by atoms with Crippen molar-refractivity contribution >= 4 is 43.6 Å². The quantitative estimate of drug-likeness (QED) is 0.161. The maximum absolute atomic E-state index is 5.64. The van der Waals surface area contributed by atoms with Gasteiger partial charge < -0.3 is 9.13 Å². The Labute approximate surface area is 371 Å². The van der Waals surface area contributed by atoms with Crippen molar-refractivity contribution in [2.24, 2.45) is 0 Å². The minimum atomic E-state index is 0.593. The Balaban J connectivity index is 1.22. The Bertz CT molecular complexity index is 3400. The van der Waals surface area contributed by atoms with Gasteiger partial charge in [0.15, 0.2) is 17.5 Å². The van der Waals surface area contributed by atoms with Gasteiger partial charge in [-0.1, -0.05) is 176 Å². The summed E-state index contributed by atoms with van der Waals surface area (Å²) in [6, 6.07) is 75.5. The van der Waals surface area contributed by atoms with Crippen molar-refractivity contribution in [1.29, 1.82) is 0 Å². The van der Waals surface area contributed by atoms with Gasteiger partial charge in [-0.3, -0.25) is 0 Å². The lowest BCUT2D eigenvalue weighted by Crippen LogP contribution is -2.07. The van der Waals surface area contributed by atoms with Crippen LogP contribution < -0.4 is 0 Å². The molecule has 9 aromatic carbocycles. The van der Waals surface area contributed by atoms with E-state index in [0.29, 0.717) is 17.5 Å². The first-order valence-electron chi connectivity index (χ1n) is 21.8. The van der Waals surface area contributed by atoms with Crippen LogP contribution in [-0.2, 0) is 0 Å². The molecule has 0 aliphatic carbocycles. The first-order valence-corrected chi connectivity index (χ1v) is 21.8. The van der Waals surface area contributed by atoms with E-state index in [4.69, 9.17) is 15.0 Å². The van der Waals surface area contributed by atoms with E-state index in [0.717, 1.165) is 83.5 Å². The van der Waals surface area contributed by atoms with E-state index in [-0.39, 0.29) is 0 Å². The third-order valence-corrected chi connectivity index (χ3v) is 12.7. The summed E-state index contributed by atoms with van der Waals surface area (Å²) in [5, 5.41) is 4.75. The monoisotopic (exact) mass is 819 g/mol. The van der Waals surface area contributed by atoms with Crippen LogP contribution in [0.1, 0.15) is 11.1 Å². The largest absolute Gasteiger partial charge is 0.308 e. The fourth-order valence-electron chi connectivity index (χ4n) is 9.85. The third kappa shape index (κ3) is 5.97. The highest BCUT2D eigenvalue weighted by atomic mass is 15.1. The molecule has 0 amide bonds. The van der Waals surface area contributed by atoms with Crippen LogP contribution >= 0.6 is 0 Å². The van der Waals surface area contributed by atoms with Crippen LogP contribution in [0, 0.1) is 13.8 Å². The zero-order valence-corrected chi connectivity index (χ0v) is 35.4. The molecule has 302 valence electrons. The van der Waals surface area contributed by atoms with Crippen LogP contribution in [0.5, 0.6) is 0 Å². The van der Waals surface area contributed by atoms with Crippen LogP contribution in [0.25, 0.3) is 111 Å². The van der Waals surface area contributed by atoms with Crippen molar-refractivity contribution in [2.75, 3.05) is 0 Å². The molecule has 0 atom stereocenters. The molecular weight excluding hydrogens is 779 g/mol. The van der Waals surface area contributed by atoms with Crippen molar-refractivity contribution < 1.29 is 0 Å². The maximum Gasteiger partial charge on any atom is 0.166 e. The maximum atomic E-state index is 5.64. The molecule has 0 saturated carbocycles. The first kappa shape index (κ1) is 37.4. The van der Waals surface area contributed by atoms with Gasteiger partial charge in [0, 0.05) is 49.4 Å². The minimum Gasteiger partial charge on any atom is -0.308 e. The average Bonchev–Trinajstić information content (AvgIpc) is 3.87. The number of fused-ring (bicyclic) bond motifs is 6. The average molecular weight is 820 g/mol. The molecule has 5 heteroatoms. The second-order valence-electron chi connectivity index (χ2n) is 16.4. The molecule has 3 aromatic heterocycles.